The first kappa shape index (κ1) is 23.8. The Morgan fingerprint density at radius 3 is 2.78 bits per heavy atom. The molecule has 0 spiro atoms. The Kier molecular flexibility index (Phi) is 6.20. The third kappa shape index (κ3) is 4.39. The average Bonchev–Trinajstić information content (AvgIpc) is 3.63. The number of pyridine rings is 2. The number of fused-ring (bicyclic) bond motifs is 1. The minimum absolute atomic E-state index is 0.00355. The number of nitrogens with one attached hydrogen (secondary N) is 1. The topological polar surface area (TPSA) is 87.6 Å². The molecule has 188 valence electrons. The van der Waals surface area contributed by atoms with Crippen LogP contribution in [0.2, 0.25) is 5.02 Å². The molecule has 1 aromatic carbocycles. The van der Waals surface area contributed by atoms with Gasteiger partial charge in [0.2, 0.25) is 5.91 Å². The summed E-state index contributed by atoms with van der Waals surface area (Å²) in [5.74, 6) is 1.11. The number of carbonyl (C=O) groups is 1. The van der Waals surface area contributed by atoms with Gasteiger partial charge < -0.3 is 15.2 Å². The molecule has 2 N–H and O–H groups in total. The van der Waals surface area contributed by atoms with Crippen LogP contribution in [-0.2, 0) is 9.53 Å². The number of halogens is 1. The van der Waals surface area contributed by atoms with Crippen molar-refractivity contribution in [2.24, 2.45) is 5.92 Å². The number of hydrogen-bond acceptors (Lipinski definition) is 6. The van der Waals surface area contributed by atoms with E-state index in [2.05, 4.69) is 33.2 Å². The van der Waals surface area contributed by atoms with Crippen LogP contribution in [0.3, 0.4) is 0 Å². The summed E-state index contributed by atoms with van der Waals surface area (Å²) in [6, 6.07) is 10.0. The maximum absolute atomic E-state index is 12.8. The van der Waals surface area contributed by atoms with Crippen LogP contribution >= 0.6 is 11.6 Å². The minimum Gasteiger partial charge on any atom is -0.389 e. The van der Waals surface area contributed by atoms with E-state index in [9.17, 15) is 9.90 Å². The number of aliphatic hydroxyl groups is 1. The third-order valence-corrected chi connectivity index (χ3v) is 8.70. The lowest BCUT2D eigenvalue weighted by Gasteiger charge is -2.43. The highest BCUT2D eigenvalue weighted by atomic mass is 35.5. The van der Waals surface area contributed by atoms with Crippen molar-refractivity contribution in [2.75, 3.05) is 31.6 Å². The van der Waals surface area contributed by atoms with Gasteiger partial charge in [0.15, 0.2) is 0 Å². The molecule has 0 radical (unpaired) electrons. The number of rotatable bonds is 5. The quantitative estimate of drug-likeness (QED) is 0.535. The number of hydrogen-bond donors (Lipinski definition) is 2. The maximum Gasteiger partial charge on any atom is 0.229 e. The van der Waals surface area contributed by atoms with Gasteiger partial charge in [0.25, 0.3) is 0 Å². The van der Waals surface area contributed by atoms with Crippen LogP contribution in [-0.4, -0.2) is 63.8 Å². The fraction of sp³-hybridized carbons (Fsp3) is 0.464. The van der Waals surface area contributed by atoms with E-state index >= 15 is 0 Å². The second-order valence-electron chi connectivity index (χ2n) is 10.7. The van der Waals surface area contributed by atoms with E-state index in [-0.39, 0.29) is 23.3 Å². The van der Waals surface area contributed by atoms with Gasteiger partial charge in [-0.1, -0.05) is 17.7 Å². The molecule has 3 aliphatic rings. The number of likely N-dealkylation sites (tertiary alicyclic amines) is 1. The van der Waals surface area contributed by atoms with Gasteiger partial charge in [-0.3, -0.25) is 14.7 Å². The summed E-state index contributed by atoms with van der Waals surface area (Å²) in [6.45, 7) is 4.86. The Bertz CT molecular complexity index is 1280. The molecule has 3 aromatic rings. The normalized spacial score (nSPS) is 28.9. The zero-order chi connectivity index (χ0) is 24.9. The van der Waals surface area contributed by atoms with Gasteiger partial charge in [0.1, 0.15) is 5.82 Å². The molecule has 4 atom stereocenters. The summed E-state index contributed by atoms with van der Waals surface area (Å²) >= 11 is 6.72. The van der Waals surface area contributed by atoms with E-state index in [1.807, 2.05) is 30.5 Å². The Morgan fingerprint density at radius 1 is 1.22 bits per heavy atom. The molecule has 0 unspecified atom stereocenters. The van der Waals surface area contributed by atoms with Gasteiger partial charge in [0, 0.05) is 34.9 Å². The van der Waals surface area contributed by atoms with Crippen LogP contribution in [0.1, 0.15) is 49.1 Å². The first-order valence-electron chi connectivity index (χ1n) is 12.7. The van der Waals surface area contributed by atoms with Gasteiger partial charge in [0.05, 0.1) is 24.9 Å². The molecule has 1 aliphatic carbocycles. The largest absolute Gasteiger partial charge is 0.389 e. The molecular formula is C28H31ClN4O3. The highest BCUT2D eigenvalue weighted by Gasteiger charge is 2.45. The highest BCUT2D eigenvalue weighted by Crippen LogP contribution is 2.47. The molecule has 8 heteroatoms. The Labute approximate surface area is 215 Å². The summed E-state index contributed by atoms with van der Waals surface area (Å²) in [5.41, 5.74) is 1.94. The summed E-state index contributed by atoms with van der Waals surface area (Å²) in [7, 11) is 0. The molecule has 2 aliphatic heterocycles. The maximum atomic E-state index is 12.8. The molecule has 36 heavy (non-hydrogen) atoms. The van der Waals surface area contributed by atoms with Gasteiger partial charge in [-0.2, -0.15) is 0 Å². The lowest BCUT2D eigenvalue weighted by Crippen LogP contribution is -2.56. The smallest absolute Gasteiger partial charge is 0.229 e. The summed E-state index contributed by atoms with van der Waals surface area (Å²) in [5, 5.41) is 16.2. The summed E-state index contributed by atoms with van der Waals surface area (Å²) in [4.78, 5) is 23.8. The van der Waals surface area contributed by atoms with E-state index < -0.39 is 6.10 Å². The fourth-order valence-electron chi connectivity index (χ4n) is 5.89. The summed E-state index contributed by atoms with van der Waals surface area (Å²) < 4.78 is 5.54. The lowest BCUT2D eigenvalue weighted by molar-refractivity contribution is -0.117. The number of anilines is 1. The standard InChI is InChI=1S/C28H31ClN4O3/c1-28(16-36-15-25(28)34)33-7-4-17(5-8-33)22-9-19-11-26(31-14-20(19)10-24(22)29)32-27(35)23-12-21(23)18-3-2-6-30-13-18/h2-3,6,9-11,13-14,17,21,23,25,34H,4-5,7-8,12,15-16H2,1H3,(H,31,32,35)/t21-,23+,25-,28+/m0/s1. The van der Waals surface area contributed by atoms with Crippen LogP contribution in [0.4, 0.5) is 5.82 Å². The van der Waals surface area contributed by atoms with Crippen molar-refractivity contribution >= 4 is 34.1 Å². The van der Waals surface area contributed by atoms with Crippen molar-refractivity contribution in [3.05, 3.63) is 65.1 Å². The van der Waals surface area contributed by atoms with Crippen LogP contribution in [0.15, 0.2) is 48.9 Å². The van der Waals surface area contributed by atoms with E-state index in [0.717, 1.165) is 59.3 Å². The Morgan fingerprint density at radius 2 is 2.06 bits per heavy atom. The molecule has 1 saturated carbocycles. The van der Waals surface area contributed by atoms with Crippen LogP contribution in [0.25, 0.3) is 10.8 Å². The molecule has 6 rings (SSSR count). The fourth-order valence-corrected chi connectivity index (χ4v) is 6.21. The highest BCUT2D eigenvalue weighted by molar-refractivity contribution is 6.32. The summed E-state index contributed by atoms with van der Waals surface area (Å²) in [6.07, 6.45) is 7.70. The van der Waals surface area contributed by atoms with Gasteiger partial charge >= 0.3 is 0 Å². The number of carbonyl (C=O) groups excluding carboxylic acids is 1. The number of aliphatic hydroxyl groups excluding tert-OH is 1. The van der Waals surface area contributed by atoms with E-state index in [1.165, 1.54) is 0 Å². The van der Waals surface area contributed by atoms with Crippen molar-refractivity contribution < 1.29 is 14.6 Å². The van der Waals surface area contributed by atoms with Crippen LogP contribution in [0.5, 0.6) is 0 Å². The van der Waals surface area contributed by atoms with Crippen molar-refractivity contribution in [1.82, 2.24) is 14.9 Å². The van der Waals surface area contributed by atoms with Crippen molar-refractivity contribution in [3.63, 3.8) is 0 Å². The van der Waals surface area contributed by atoms with Crippen molar-refractivity contribution in [3.8, 4) is 0 Å². The number of amides is 1. The number of benzene rings is 1. The number of nitrogens with zero attached hydrogens (tertiary/aromatic N) is 3. The van der Waals surface area contributed by atoms with E-state index in [0.29, 0.717) is 24.9 Å². The lowest BCUT2D eigenvalue weighted by atomic mass is 9.85. The number of piperidine rings is 1. The van der Waals surface area contributed by atoms with Crippen molar-refractivity contribution in [1.29, 1.82) is 0 Å². The molecular weight excluding hydrogens is 476 g/mol. The third-order valence-electron chi connectivity index (χ3n) is 8.37. The zero-order valence-corrected chi connectivity index (χ0v) is 21.1. The molecule has 3 fully saturated rings. The molecule has 7 nitrogen and oxygen atoms in total. The number of ether oxygens (including phenoxy) is 1. The first-order valence-corrected chi connectivity index (χ1v) is 13.1. The molecule has 1 amide bonds. The van der Waals surface area contributed by atoms with Gasteiger partial charge in [-0.25, -0.2) is 4.98 Å². The number of aromatic nitrogens is 2. The monoisotopic (exact) mass is 506 g/mol. The SMILES string of the molecule is C[C@@]1(N2CCC(c3cc4cc(NC(=O)[C@@H]5C[C@H]5c5cccnc5)ncc4cc3Cl)CC2)COC[C@@H]1O. The molecule has 4 heterocycles. The molecule has 0 bridgehead atoms. The van der Waals surface area contributed by atoms with E-state index in [4.69, 9.17) is 16.3 Å². The van der Waals surface area contributed by atoms with Gasteiger partial charge in [-0.15, -0.1) is 0 Å². The second-order valence-corrected chi connectivity index (χ2v) is 11.1. The minimum atomic E-state index is -0.449. The van der Waals surface area contributed by atoms with Crippen LogP contribution < -0.4 is 5.32 Å². The Balaban J connectivity index is 1.15. The predicted molar refractivity (Wildman–Crippen MR) is 139 cm³/mol. The second kappa shape index (κ2) is 9.38. The van der Waals surface area contributed by atoms with E-state index in [1.54, 1.807) is 12.4 Å². The average molecular weight is 507 g/mol. The first-order chi connectivity index (χ1) is 17.4. The molecule has 2 saturated heterocycles. The van der Waals surface area contributed by atoms with Crippen molar-refractivity contribution in [2.45, 2.75) is 49.7 Å². The predicted octanol–water partition coefficient (Wildman–Crippen LogP) is 4.35. The zero-order valence-electron chi connectivity index (χ0n) is 20.4. The Hall–Kier alpha value is -2.58. The van der Waals surface area contributed by atoms with Crippen LogP contribution in [0, 0.1) is 5.92 Å². The van der Waals surface area contributed by atoms with Gasteiger partial charge in [-0.05, 0) is 91.9 Å². The molecule has 2 aromatic heterocycles.